The molecular formula is C9H8ClNO. The zero-order valence-electron chi connectivity index (χ0n) is 6.67. The minimum Gasteiger partial charge on any atom is -0.211 e. The van der Waals surface area contributed by atoms with E-state index in [-0.39, 0.29) is 0 Å². The van der Waals surface area contributed by atoms with Gasteiger partial charge in [-0.15, -0.1) is 0 Å². The average molecular weight is 182 g/mol. The molecule has 0 saturated carbocycles. The summed E-state index contributed by atoms with van der Waals surface area (Å²) in [5.74, 6) is 0. The lowest BCUT2D eigenvalue weighted by Crippen LogP contribution is -1.87. The molecule has 1 rings (SSSR count). The van der Waals surface area contributed by atoms with Crippen LogP contribution in [0.3, 0.4) is 0 Å². The Balaban J connectivity index is 3.03. The van der Waals surface area contributed by atoms with Crippen molar-refractivity contribution < 1.29 is 4.79 Å². The van der Waals surface area contributed by atoms with E-state index < -0.39 is 0 Å². The molecule has 0 aromatic heterocycles. The lowest BCUT2D eigenvalue weighted by Gasteiger charge is -2.02. The van der Waals surface area contributed by atoms with Gasteiger partial charge in [0.1, 0.15) is 0 Å². The molecule has 0 aliphatic rings. The summed E-state index contributed by atoms with van der Waals surface area (Å²) >= 11 is 5.88. The molecule has 0 bridgehead atoms. The number of rotatable bonds is 2. The van der Waals surface area contributed by atoms with Crippen LogP contribution in [-0.2, 0) is 11.3 Å². The topological polar surface area (TPSA) is 29.4 Å². The highest BCUT2D eigenvalue weighted by Gasteiger charge is 2.01. The van der Waals surface area contributed by atoms with Gasteiger partial charge in [0.15, 0.2) is 0 Å². The van der Waals surface area contributed by atoms with E-state index in [1.54, 1.807) is 6.07 Å². The number of benzene rings is 1. The Hall–Kier alpha value is -1.11. The molecule has 62 valence electrons. The number of hydrogen-bond acceptors (Lipinski definition) is 2. The number of nitrogens with zero attached hydrogens (tertiary/aromatic N) is 1. The predicted molar refractivity (Wildman–Crippen MR) is 48.0 cm³/mol. The van der Waals surface area contributed by atoms with E-state index in [0.29, 0.717) is 11.6 Å². The fourth-order valence-electron chi connectivity index (χ4n) is 0.978. The minimum atomic E-state index is 0.314. The van der Waals surface area contributed by atoms with Crippen molar-refractivity contribution in [1.29, 1.82) is 0 Å². The summed E-state index contributed by atoms with van der Waals surface area (Å²) < 4.78 is 0. The van der Waals surface area contributed by atoms with Gasteiger partial charge in [0, 0.05) is 5.02 Å². The number of carbonyl (C=O) groups excluding carboxylic acids is 1. The summed E-state index contributed by atoms with van der Waals surface area (Å²) in [7, 11) is 0. The van der Waals surface area contributed by atoms with Gasteiger partial charge in [-0.25, -0.2) is 9.79 Å². The van der Waals surface area contributed by atoms with Gasteiger partial charge in [-0.05, 0) is 24.1 Å². The quantitative estimate of drug-likeness (QED) is 0.509. The molecule has 0 amide bonds. The van der Waals surface area contributed by atoms with E-state index in [9.17, 15) is 4.79 Å². The first-order chi connectivity index (χ1) is 5.75. The van der Waals surface area contributed by atoms with Crippen molar-refractivity contribution >= 4 is 17.7 Å². The van der Waals surface area contributed by atoms with Crippen molar-refractivity contribution in [1.82, 2.24) is 0 Å². The third kappa shape index (κ3) is 1.94. The van der Waals surface area contributed by atoms with Crippen LogP contribution in [0.1, 0.15) is 11.1 Å². The van der Waals surface area contributed by atoms with E-state index in [4.69, 9.17) is 11.6 Å². The van der Waals surface area contributed by atoms with Gasteiger partial charge >= 0.3 is 0 Å². The minimum absolute atomic E-state index is 0.314. The van der Waals surface area contributed by atoms with E-state index in [0.717, 1.165) is 11.1 Å². The number of hydrogen-bond donors (Lipinski definition) is 0. The smallest absolute Gasteiger partial charge is 0.211 e. The first kappa shape index (κ1) is 8.98. The van der Waals surface area contributed by atoms with Crippen LogP contribution in [-0.4, -0.2) is 6.08 Å². The Labute approximate surface area is 75.9 Å². The van der Waals surface area contributed by atoms with E-state index in [2.05, 4.69) is 4.99 Å². The lowest BCUT2D eigenvalue weighted by molar-refractivity contribution is 0.563. The first-order valence-corrected chi connectivity index (χ1v) is 3.91. The van der Waals surface area contributed by atoms with Gasteiger partial charge in [-0.3, -0.25) is 0 Å². The number of isocyanates is 1. The second-order valence-electron chi connectivity index (χ2n) is 2.44. The Bertz CT molecular complexity index is 309. The highest BCUT2D eigenvalue weighted by molar-refractivity contribution is 6.31. The summed E-state index contributed by atoms with van der Waals surface area (Å²) in [6.07, 6.45) is 1.49. The van der Waals surface area contributed by atoms with Crippen LogP contribution in [0, 0.1) is 6.92 Å². The molecule has 2 nitrogen and oxygen atoms in total. The fourth-order valence-corrected chi connectivity index (χ4v) is 1.26. The molecule has 0 fully saturated rings. The fraction of sp³-hybridized carbons (Fsp3) is 0.222. The van der Waals surface area contributed by atoms with Crippen LogP contribution in [0.5, 0.6) is 0 Å². The maximum absolute atomic E-state index is 9.87. The van der Waals surface area contributed by atoms with Crippen molar-refractivity contribution in [2.24, 2.45) is 4.99 Å². The molecule has 1 aromatic carbocycles. The zero-order chi connectivity index (χ0) is 8.97. The molecule has 0 aliphatic heterocycles. The van der Waals surface area contributed by atoms with Crippen LogP contribution < -0.4 is 0 Å². The molecule has 0 N–H and O–H groups in total. The van der Waals surface area contributed by atoms with Crippen LogP contribution in [0.25, 0.3) is 0 Å². The Morgan fingerprint density at radius 1 is 1.58 bits per heavy atom. The third-order valence-electron chi connectivity index (χ3n) is 1.65. The second kappa shape index (κ2) is 4.05. The van der Waals surface area contributed by atoms with Gasteiger partial charge in [0.2, 0.25) is 6.08 Å². The molecule has 0 heterocycles. The molecule has 3 heteroatoms. The van der Waals surface area contributed by atoms with Crippen LogP contribution >= 0.6 is 11.6 Å². The Morgan fingerprint density at radius 2 is 2.33 bits per heavy atom. The zero-order valence-corrected chi connectivity index (χ0v) is 7.43. The lowest BCUT2D eigenvalue weighted by atomic mass is 10.1. The molecular weight excluding hydrogens is 174 g/mol. The maximum atomic E-state index is 9.87. The summed E-state index contributed by atoms with van der Waals surface area (Å²) in [4.78, 5) is 13.3. The largest absolute Gasteiger partial charge is 0.235 e. The van der Waals surface area contributed by atoms with E-state index >= 15 is 0 Å². The highest BCUT2D eigenvalue weighted by Crippen LogP contribution is 2.19. The number of aliphatic imine (C=N–C) groups is 1. The monoisotopic (exact) mass is 181 g/mol. The van der Waals surface area contributed by atoms with Crippen LogP contribution in [0.15, 0.2) is 23.2 Å². The third-order valence-corrected chi connectivity index (χ3v) is 2.01. The van der Waals surface area contributed by atoms with E-state index in [1.807, 2.05) is 19.1 Å². The average Bonchev–Trinajstić information content (AvgIpc) is 2.04. The van der Waals surface area contributed by atoms with Crippen molar-refractivity contribution in [2.75, 3.05) is 0 Å². The highest BCUT2D eigenvalue weighted by atomic mass is 35.5. The Kier molecular flexibility index (Phi) is 3.03. The molecule has 0 spiro atoms. The van der Waals surface area contributed by atoms with Crippen molar-refractivity contribution in [3.63, 3.8) is 0 Å². The standard InChI is InChI=1S/C9H8ClNO/c1-7-3-2-4-9(10)8(7)5-11-6-12/h2-4H,5H2,1H3. The van der Waals surface area contributed by atoms with Gasteiger partial charge < -0.3 is 0 Å². The predicted octanol–water partition coefficient (Wildman–Crippen LogP) is 2.48. The van der Waals surface area contributed by atoms with Crippen molar-refractivity contribution in [3.8, 4) is 0 Å². The van der Waals surface area contributed by atoms with Gasteiger partial charge in [0.05, 0.1) is 6.54 Å². The molecule has 0 atom stereocenters. The van der Waals surface area contributed by atoms with Gasteiger partial charge in [-0.1, -0.05) is 23.7 Å². The van der Waals surface area contributed by atoms with Crippen LogP contribution in [0.2, 0.25) is 5.02 Å². The molecule has 1 aromatic rings. The molecule has 0 unspecified atom stereocenters. The maximum Gasteiger partial charge on any atom is 0.235 e. The van der Waals surface area contributed by atoms with Crippen molar-refractivity contribution in [3.05, 3.63) is 34.3 Å². The van der Waals surface area contributed by atoms with Crippen molar-refractivity contribution in [2.45, 2.75) is 13.5 Å². The SMILES string of the molecule is Cc1cccc(Cl)c1CN=C=O. The number of halogens is 1. The summed E-state index contributed by atoms with van der Waals surface area (Å²) in [6, 6.07) is 5.58. The normalized spacial score (nSPS) is 9.17. The molecule has 0 saturated heterocycles. The Morgan fingerprint density at radius 3 is 2.92 bits per heavy atom. The van der Waals surface area contributed by atoms with Crippen LogP contribution in [0.4, 0.5) is 0 Å². The first-order valence-electron chi connectivity index (χ1n) is 3.53. The molecule has 0 radical (unpaired) electrons. The summed E-state index contributed by atoms with van der Waals surface area (Å²) in [6.45, 7) is 2.25. The summed E-state index contributed by atoms with van der Waals surface area (Å²) in [5, 5.41) is 0.647. The van der Waals surface area contributed by atoms with E-state index in [1.165, 1.54) is 6.08 Å². The second-order valence-corrected chi connectivity index (χ2v) is 2.85. The van der Waals surface area contributed by atoms with Gasteiger partial charge in [0.25, 0.3) is 0 Å². The molecule has 12 heavy (non-hydrogen) atoms. The number of aryl methyl sites for hydroxylation is 1. The van der Waals surface area contributed by atoms with Gasteiger partial charge in [-0.2, -0.15) is 0 Å². The molecule has 0 aliphatic carbocycles. The summed E-state index contributed by atoms with van der Waals surface area (Å²) in [5.41, 5.74) is 1.93.